The van der Waals surface area contributed by atoms with E-state index in [0.29, 0.717) is 6.42 Å². The van der Waals surface area contributed by atoms with Crippen LogP contribution in [-0.2, 0) is 9.53 Å². The fraction of sp³-hybridized carbons (Fsp3) is 0.400. The van der Waals surface area contributed by atoms with Crippen molar-refractivity contribution in [2.24, 2.45) is 5.41 Å². The van der Waals surface area contributed by atoms with E-state index in [2.05, 4.69) is 9.97 Å². The number of nitrogen functional groups attached to an aromatic ring is 1. The molecule has 0 unspecified atom stereocenters. The van der Waals surface area contributed by atoms with Crippen molar-refractivity contribution < 1.29 is 9.53 Å². The molecule has 1 aliphatic rings. The number of thioether (sulfide) groups is 1. The molecular formula is C15H17N3O2S. The van der Waals surface area contributed by atoms with Crippen LogP contribution in [0.2, 0.25) is 0 Å². The van der Waals surface area contributed by atoms with Gasteiger partial charge in [-0.1, -0.05) is 18.2 Å². The smallest absolute Gasteiger partial charge is 0.306 e. The van der Waals surface area contributed by atoms with Crippen LogP contribution in [0.4, 0.5) is 5.95 Å². The van der Waals surface area contributed by atoms with Gasteiger partial charge in [-0.2, -0.15) is 0 Å². The van der Waals surface area contributed by atoms with E-state index < -0.39 is 0 Å². The van der Waals surface area contributed by atoms with Gasteiger partial charge in [0.05, 0.1) is 19.0 Å². The lowest BCUT2D eigenvalue weighted by Crippen LogP contribution is -2.13. The largest absolute Gasteiger partial charge is 0.469 e. The van der Waals surface area contributed by atoms with E-state index in [1.165, 1.54) is 7.11 Å². The van der Waals surface area contributed by atoms with Crippen LogP contribution < -0.4 is 5.73 Å². The highest BCUT2D eigenvalue weighted by molar-refractivity contribution is 7.99. The van der Waals surface area contributed by atoms with Gasteiger partial charge in [0.15, 0.2) is 0 Å². The maximum absolute atomic E-state index is 11.5. The normalized spacial score (nSPS) is 15.9. The maximum Gasteiger partial charge on any atom is 0.306 e. The molecule has 0 saturated heterocycles. The average Bonchev–Trinajstić information content (AvgIpc) is 3.24. The molecule has 1 heterocycles. The summed E-state index contributed by atoms with van der Waals surface area (Å²) in [5, 5.41) is 1.89. The number of esters is 1. The Morgan fingerprint density at radius 3 is 2.86 bits per heavy atom. The third-order valence-electron chi connectivity index (χ3n) is 3.80. The Hall–Kier alpha value is -1.82. The number of nitrogens with zero attached hydrogens (tertiary/aromatic N) is 2. The summed E-state index contributed by atoms with van der Waals surface area (Å²) in [6.07, 6.45) is 2.61. The predicted molar refractivity (Wildman–Crippen MR) is 83.0 cm³/mol. The van der Waals surface area contributed by atoms with Crippen LogP contribution in [-0.4, -0.2) is 28.8 Å². The lowest BCUT2D eigenvalue weighted by molar-refractivity contribution is -0.141. The first-order valence-corrected chi connectivity index (χ1v) is 7.82. The molecule has 2 aromatic rings. The summed E-state index contributed by atoms with van der Waals surface area (Å²) in [5.74, 6) is 0.997. The molecule has 0 radical (unpaired) electrons. The molecule has 21 heavy (non-hydrogen) atoms. The first-order chi connectivity index (χ1) is 10.1. The predicted octanol–water partition coefficient (Wildman–Crippen LogP) is 2.65. The molecule has 3 rings (SSSR count). The highest BCUT2D eigenvalue weighted by Gasteiger charge is 2.44. The molecule has 0 bridgehead atoms. The third-order valence-corrected chi connectivity index (χ3v) is 5.15. The summed E-state index contributed by atoms with van der Waals surface area (Å²) >= 11 is 1.65. The van der Waals surface area contributed by atoms with E-state index >= 15 is 0 Å². The van der Waals surface area contributed by atoms with Crippen molar-refractivity contribution in [3.63, 3.8) is 0 Å². The molecule has 110 valence electrons. The number of fused-ring (bicyclic) bond motifs is 1. The Morgan fingerprint density at radius 1 is 1.38 bits per heavy atom. The second-order valence-electron chi connectivity index (χ2n) is 5.45. The Bertz CT molecular complexity index is 686. The summed E-state index contributed by atoms with van der Waals surface area (Å²) in [7, 11) is 1.43. The van der Waals surface area contributed by atoms with Gasteiger partial charge in [-0.25, -0.2) is 9.97 Å². The molecule has 1 aromatic heterocycles. The van der Waals surface area contributed by atoms with Gasteiger partial charge in [-0.05, 0) is 24.3 Å². The summed E-state index contributed by atoms with van der Waals surface area (Å²) in [4.78, 5) is 20.1. The molecule has 1 fully saturated rings. The molecule has 1 aromatic carbocycles. The lowest BCUT2D eigenvalue weighted by atomic mass is 10.1. The monoisotopic (exact) mass is 303 g/mol. The summed E-state index contributed by atoms with van der Waals surface area (Å²) < 4.78 is 4.77. The van der Waals surface area contributed by atoms with Crippen molar-refractivity contribution in [1.82, 2.24) is 9.97 Å². The minimum absolute atomic E-state index is 0.0680. The van der Waals surface area contributed by atoms with Crippen LogP contribution in [0.15, 0.2) is 29.3 Å². The average molecular weight is 303 g/mol. The molecule has 1 saturated carbocycles. The lowest BCUT2D eigenvalue weighted by Gasteiger charge is -2.13. The third kappa shape index (κ3) is 3.10. The fourth-order valence-corrected chi connectivity index (χ4v) is 3.64. The number of rotatable bonds is 5. The molecular weight excluding hydrogens is 286 g/mol. The molecule has 2 N–H and O–H groups in total. The molecule has 5 nitrogen and oxygen atoms in total. The number of carbonyl (C=O) groups is 1. The van der Waals surface area contributed by atoms with Gasteiger partial charge >= 0.3 is 5.97 Å². The van der Waals surface area contributed by atoms with E-state index in [4.69, 9.17) is 10.5 Å². The topological polar surface area (TPSA) is 78.1 Å². The van der Waals surface area contributed by atoms with Crippen LogP contribution in [0, 0.1) is 5.41 Å². The Balaban J connectivity index is 1.78. The fourth-order valence-electron chi connectivity index (χ4n) is 2.32. The van der Waals surface area contributed by atoms with Crippen molar-refractivity contribution >= 4 is 34.6 Å². The molecule has 0 atom stereocenters. The van der Waals surface area contributed by atoms with Crippen LogP contribution in [0.5, 0.6) is 0 Å². The zero-order valence-corrected chi connectivity index (χ0v) is 12.7. The first-order valence-electron chi connectivity index (χ1n) is 6.84. The standard InChI is InChI=1S/C15H17N3O2S/c1-20-12(19)8-15(6-7-15)9-21-13-10-4-2-3-5-11(10)17-14(16)18-13/h2-5H,6-9H2,1H3,(H2,16,17,18). The van der Waals surface area contributed by atoms with Gasteiger partial charge in [-0.3, -0.25) is 4.79 Å². The SMILES string of the molecule is COC(=O)CC1(CSc2nc(N)nc3ccccc23)CC1. The molecule has 0 aliphatic heterocycles. The second-order valence-corrected chi connectivity index (χ2v) is 6.41. The second kappa shape index (κ2) is 5.52. The number of anilines is 1. The van der Waals surface area contributed by atoms with Crippen LogP contribution >= 0.6 is 11.8 Å². The van der Waals surface area contributed by atoms with Crippen molar-refractivity contribution in [1.29, 1.82) is 0 Å². The first kappa shape index (κ1) is 14.1. The Labute approximate surface area is 127 Å². The van der Waals surface area contributed by atoms with E-state index in [1.54, 1.807) is 11.8 Å². The highest BCUT2D eigenvalue weighted by atomic mass is 32.2. The summed E-state index contributed by atoms with van der Waals surface area (Å²) in [6.45, 7) is 0. The van der Waals surface area contributed by atoms with Crippen LogP contribution in [0.3, 0.4) is 0 Å². The minimum Gasteiger partial charge on any atom is -0.469 e. The zero-order valence-electron chi connectivity index (χ0n) is 11.8. The number of carbonyl (C=O) groups excluding carboxylic acids is 1. The highest BCUT2D eigenvalue weighted by Crippen LogP contribution is 2.52. The number of nitrogens with two attached hydrogens (primary N) is 1. The van der Waals surface area contributed by atoms with Gasteiger partial charge in [0.1, 0.15) is 5.03 Å². The number of benzene rings is 1. The number of para-hydroxylation sites is 1. The number of hydrogen-bond donors (Lipinski definition) is 1. The van der Waals surface area contributed by atoms with Crippen molar-refractivity contribution in [2.75, 3.05) is 18.6 Å². The Kier molecular flexibility index (Phi) is 3.71. The van der Waals surface area contributed by atoms with E-state index in [9.17, 15) is 4.79 Å². The van der Waals surface area contributed by atoms with Gasteiger partial charge in [-0.15, -0.1) is 11.8 Å². The van der Waals surface area contributed by atoms with Crippen molar-refractivity contribution in [3.05, 3.63) is 24.3 Å². The molecule has 0 amide bonds. The number of hydrogen-bond acceptors (Lipinski definition) is 6. The van der Waals surface area contributed by atoms with Crippen molar-refractivity contribution in [2.45, 2.75) is 24.3 Å². The summed E-state index contributed by atoms with van der Waals surface area (Å²) in [6, 6.07) is 7.83. The number of ether oxygens (including phenoxy) is 1. The minimum atomic E-state index is -0.139. The summed E-state index contributed by atoms with van der Waals surface area (Å²) in [5.41, 5.74) is 6.69. The zero-order chi connectivity index (χ0) is 14.9. The van der Waals surface area contributed by atoms with Gasteiger partial charge in [0.2, 0.25) is 5.95 Å². The van der Waals surface area contributed by atoms with Crippen LogP contribution in [0.25, 0.3) is 10.9 Å². The van der Waals surface area contributed by atoms with E-state index in [0.717, 1.165) is 34.5 Å². The molecule has 6 heteroatoms. The maximum atomic E-state index is 11.5. The number of methoxy groups -OCH3 is 1. The molecule has 1 aliphatic carbocycles. The van der Waals surface area contributed by atoms with Crippen molar-refractivity contribution in [3.8, 4) is 0 Å². The number of aromatic nitrogens is 2. The van der Waals surface area contributed by atoms with E-state index in [-0.39, 0.29) is 17.3 Å². The molecule has 0 spiro atoms. The van der Waals surface area contributed by atoms with Gasteiger partial charge in [0.25, 0.3) is 0 Å². The van der Waals surface area contributed by atoms with Gasteiger partial charge < -0.3 is 10.5 Å². The quantitative estimate of drug-likeness (QED) is 0.520. The van der Waals surface area contributed by atoms with Gasteiger partial charge in [0, 0.05) is 11.1 Å². The van der Waals surface area contributed by atoms with E-state index in [1.807, 2.05) is 24.3 Å². The Morgan fingerprint density at radius 2 is 2.14 bits per heavy atom. The van der Waals surface area contributed by atoms with Crippen LogP contribution in [0.1, 0.15) is 19.3 Å².